The molecule has 1 aliphatic heterocycles. The molecule has 2 atom stereocenters. The van der Waals surface area contributed by atoms with E-state index in [2.05, 4.69) is 23.6 Å². The average molecular weight is 240 g/mol. The van der Waals surface area contributed by atoms with Crippen molar-refractivity contribution in [2.24, 2.45) is 5.73 Å². The summed E-state index contributed by atoms with van der Waals surface area (Å²) in [6.45, 7) is 5.21. The van der Waals surface area contributed by atoms with Crippen molar-refractivity contribution in [2.45, 2.75) is 24.6 Å². The summed E-state index contributed by atoms with van der Waals surface area (Å²) >= 11 is 2.09. The minimum atomic E-state index is 0.328. The molecular weight excluding hydrogens is 220 g/mol. The highest BCUT2D eigenvalue weighted by Crippen LogP contribution is 2.28. The van der Waals surface area contributed by atoms with Crippen LogP contribution in [-0.4, -0.2) is 35.5 Å². The van der Waals surface area contributed by atoms with Gasteiger partial charge in [0.05, 0.1) is 18.6 Å². The third-order valence-corrected chi connectivity index (χ3v) is 4.59. The normalized spacial score (nSPS) is 24.5. The third-order valence-electron chi connectivity index (χ3n) is 3.22. The van der Waals surface area contributed by atoms with Gasteiger partial charge in [-0.05, 0) is 12.5 Å². The van der Waals surface area contributed by atoms with E-state index in [4.69, 9.17) is 10.2 Å². The Kier molecular flexibility index (Phi) is 4.32. The number of furan rings is 1. The smallest absolute Gasteiger partial charge is 0.0950 e. The largest absolute Gasteiger partial charge is 0.472 e. The van der Waals surface area contributed by atoms with Crippen LogP contribution in [0.25, 0.3) is 0 Å². The molecule has 0 bridgehead atoms. The Morgan fingerprint density at radius 3 is 3.19 bits per heavy atom. The topological polar surface area (TPSA) is 42.4 Å². The number of nitrogens with zero attached hydrogens (tertiary/aromatic N) is 1. The Bertz CT molecular complexity index is 302. The van der Waals surface area contributed by atoms with Crippen molar-refractivity contribution < 1.29 is 4.42 Å². The van der Waals surface area contributed by atoms with Crippen LogP contribution in [0.2, 0.25) is 0 Å². The van der Waals surface area contributed by atoms with Gasteiger partial charge in [-0.15, -0.1) is 0 Å². The first kappa shape index (κ1) is 12.0. The number of nitrogens with two attached hydrogens (primary N) is 1. The molecule has 1 aromatic heterocycles. The van der Waals surface area contributed by atoms with E-state index in [-0.39, 0.29) is 0 Å². The van der Waals surface area contributed by atoms with Crippen LogP contribution in [0, 0.1) is 0 Å². The van der Waals surface area contributed by atoms with Crippen molar-refractivity contribution in [2.75, 3.05) is 25.4 Å². The van der Waals surface area contributed by atoms with Crippen LogP contribution in [0.3, 0.4) is 0 Å². The van der Waals surface area contributed by atoms with Gasteiger partial charge in [0.15, 0.2) is 0 Å². The monoisotopic (exact) mass is 240 g/mol. The van der Waals surface area contributed by atoms with Crippen molar-refractivity contribution in [1.82, 2.24) is 4.90 Å². The molecule has 2 rings (SSSR count). The second-order valence-corrected chi connectivity index (χ2v) is 5.61. The van der Waals surface area contributed by atoms with E-state index in [1.54, 1.807) is 6.26 Å². The minimum absolute atomic E-state index is 0.328. The lowest BCUT2D eigenvalue weighted by atomic mass is 10.1. The minimum Gasteiger partial charge on any atom is -0.472 e. The molecule has 1 saturated heterocycles. The lowest BCUT2D eigenvalue weighted by molar-refractivity contribution is 0.207. The Labute approximate surface area is 101 Å². The van der Waals surface area contributed by atoms with Crippen LogP contribution in [0.5, 0.6) is 0 Å². The fourth-order valence-electron chi connectivity index (χ4n) is 2.23. The molecule has 0 spiro atoms. The molecule has 2 unspecified atom stereocenters. The van der Waals surface area contributed by atoms with Crippen molar-refractivity contribution >= 4 is 11.8 Å². The number of thioether (sulfide) groups is 1. The van der Waals surface area contributed by atoms with E-state index >= 15 is 0 Å². The molecule has 1 fully saturated rings. The van der Waals surface area contributed by atoms with Gasteiger partial charge in [0.25, 0.3) is 0 Å². The quantitative estimate of drug-likeness (QED) is 0.875. The van der Waals surface area contributed by atoms with Gasteiger partial charge in [0.2, 0.25) is 0 Å². The summed E-state index contributed by atoms with van der Waals surface area (Å²) in [6, 6.07) is 2.36. The summed E-state index contributed by atoms with van der Waals surface area (Å²) in [4.78, 5) is 2.50. The molecule has 4 heteroatoms. The summed E-state index contributed by atoms with van der Waals surface area (Å²) < 4.78 is 5.15. The van der Waals surface area contributed by atoms with Gasteiger partial charge in [-0.2, -0.15) is 11.8 Å². The fourth-order valence-corrected chi connectivity index (χ4v) is 3.44. The van der Waals surface area contributed by atoms with Crippen molar-refractivity contribution in [3.63, 3.8) is 0 Å². The molecule has 1 aliphatic rings. The van der Waals surface area contributed by atoms with E-state index in [1.807, 2.05) is 12.3 Å². The zero-order valence-corrected chi connectivity index (χ0v) is 10.6. The van der Waals surface area contributed by atoms with Crippen LogP contribution in [0.4, 0.5) is 0 Å². The van der Waals surface area contributed by atoms with Gasteiger partial charge in [-0.3, -0.25) is 4.90 Å². The van der Waals surface area contributed by atoms with Gasteiger partial charge in [0.1, 0.15) is 0 Å². The van der Waals surface area contributed by atoms with E-state index in [0.717, 1.165) is 18.3 Å². The number of rotatable bonds is 4. The molecule has 0 saturated carbocycles. The van der Waals surface area contributed by atoms with Gasteiger partial charge >= 0.3 is 0 Å². The maximum Gasteiger partial charge on any atom is 0.0950 e. The van der Waals surface area contributed by atoms with Crippen LogP contribution in [0.15, 0.2) is 23.0 Å². The molecule has 16 heavy (non-hydrogen) atoms. The van der Waals surface area contributed by atoms with Gasteiger partial charge in [-0.25, -0.2) is 0 Å². The first-order valence-corrected chi connectivity index (χ1v) is 6.97. The summed E-state index contributed by atoms with van der Waals surface area (Å²) in [5.74, 6) is 1.22. The Balaban J connectivity index is 2.03. The number of hydrogen-bond acceptors (Lipinski definition) is 4. The van der Waals surface area contributed by atoms with Gasteiger partial charge in [0, 0.05) is 36.2 Å². The first-order chi connectivity index (χ1) is 7.85. The van der Waals surface area contributed by atoms with Gasteiger partial charge in [-0.1, -0.05) is 6.92 Å². The maximum atomic E-state index is 5.89. The molecule has 0 aliphatic carbocycles. The Morgan fingerprint density at radius 2 is 2.56 bits per heavy atom. The molecule has 3 nitrogen and oxygen atoms in total. The maximum absolute atomic E-state index is 5.89. The second kappa shape index (κ2) is 5.75. The Morgan fingerprint density at radius 1 is 1.69 bits per heavy atom. The predicted molar refractivity (Wildman–Crippen MR) is 68.6 cm³/mol. The lowest BCUT2D eigenvalue weighted by Crippen LogP contribution is -2.42. The Hall–Kier alpha value is -0.450. The van der Waals surface area contributed by atoms with Crippen molar-refractivity contribution in [3.05, 3.63) is 24.2 Å². The zero-order chi connectivity index (χ0) is 11.4. The molecule has 0 aromatic carbocycles. The zero-order valence-electron chi connectivity index (χ0n) is 9.76. The van der Waals surface area contributed by atoms with E-state index in [1.165, 1.54) is 17.7 Å². The highest BCUT2D eigenvalue weighted by molar-refractivity contribution is 8.00. The first-order valence-electron chi connectivity index (χ1n) is 5.93. The van der Waals surface area contributed by atoms with Crippen LogP contribution >= 0.6 is 11.8 Å². The third kappa shape index (κ3) is 2.62. The highest BCUT2D eigenvalue weighted by Gasteiger charge is 2.26. The predicted octanol–water partition coefficient (Wildman–Crippen LogP) is 2.11. The van der Waals surface area contributed by atoms with Crippen molar-refractivity contribution in [1.29, 1.82) is 0 Å². The molecular formula is C12H20N2OS. The second-order valence-electron chi connectivity index (χ2n) is 4.20. The summed E-state index contributed by atoms with van der Waals surface area (Å²) in [6.07, 6.45) is 4.79. The molecule has 1 aromatic rings. The molecule has 0 radical (unpaired) electrons. The number of hydrogen-bond donors (Lipinski definition) is 1. The van der Waals surface area contributed by atoms with Crippen LogP contribution in [0.1, 0.15) is 24.9 Å². The molecule has 2 N–H and O–H groups in total. The average Bonchev–Trinajstić information content (AvgIpc) is 2.84. The summed E-state index contributed by atoms with van der Waals surface area (Å²) in [5, 5.41) is 0.759. The lowest BCUT2D eigenvalue weighted by Gasteiger charge is -2.37. The SMILES string of the molecule is CCC1CN(C(CN)c2ccoc2)CCS1. The van der Waals surface area contributed by atoms with E-state index in [0.29, 0.717) is 12.6 Å². The van der Waals surface area contributed by atoms with Crippen LogP contribution < -0.4 is 5.73 Å². The molecule has 0 amide bonds. The summed E-state index contributed by atoms with van der Waals surface area (Å²) in [5.41, 5.74) is 7.10. The highest BCUT2D eigenvalue weighted by atomic mass is 32.2. The molecule has 2 heterocycles. The standard InChI is InChI=1S/C12H20N2OS/c1-2-11-8-14(4-6-16-11)12(7-13)10-3-5-15-9-10/h3,5,9,11-12H,2,4,6-8,13H2,1H3. The van der Waals surface area contributed by atoms with Crippen molar-refractivity contribution in [3.8, 4) is 0 Å². The van der Waals surface area contributed by atoms with E-state index < -0.39 is 0 Å². The fraction of sp³-hybridized carbons (Fsp3) is 0.667. The molecule has 90 valence electrons. The van der Waals surface area contributed by atoms with Gasteiger partial charge < -0.3 is 10.2 Å². The summed E-state index contributed by atoms with van der Waals surface area (Å²) in [7, 11) is 0. The van der Waals surface area contributed by atoms with E-state index in [9.17, 15) is 0 Å². The van der Waals surface area contributed by atoms with Crippen LogP contribution in [-0.2, 0) is 0 Å².